The van der Waals surface area contributed by atoms with E-state index in [1.165, 1.54) is 32.1 Å². The van der Waals surface area contributed by atoms with Crippen molar-refractivity contribution < 1.29 is 0 Å². The second kappa shape index (κ2) is 4.45. The molecule has 2 atom stereocenters. The Morgan fingerprint density at radius 1 is 1.23 bits per heavy atom. The second-order valence-electron chi connectivity index (χ2n) is 5.78. The van der Waals surface area contributed by atoms with Gasteiger partial charge in [-0.15, -0.1) is 0 Å². The molecule has 0 heterocycles. The predicted octanol–water partition coefficient (Wildman–Crippen LogP) is 3.20. The van der Waals surface area contributed by atoms with Crippen molar-refractivity contribution in [2.75, 3.05) is 7.05 Å². The number of nitrogens with one attached hydrogen (secondary N) is 1. The Kier molecular flexibility index (Phi) is 3.78. The van der Waals surface area contributed by atoms with E-state index in [4.69, 9.17) is 0 Å². The Balaban J connectivity index is 2.34. The van der Waals surface area contributed by atoms with Crippen LogP contribution in [0.2, 0.25) is 0 Å². The third kappa shape index (κ3) is 4.12. The Morgan fingerprint density at radius 3 is 2.46 bits per heavy atom. The topological polar surface area (TPSA) is 12.0 Å². The van der Waals surface area contributed by atoms with Crippen molar-refractivity contribution in [3.63, 3.8) is 0 Å². The first-order chi connectivity index (χ1) is 6.01. The SMILES string of the molecule is CNC1CCCC(CC(C)(C)C)C1. The zero-order chi connectivity index (χ0) is 9.90. The smallest absolute Gasteiger partial charge is 0.00667 e. The van der Waals surface area contributed by atoms with Crippen LogP contribution in [0.1, 0.15) is 52.9 Å². The molecule has 0 aliphatic heterocycles. The van der Waals surface area contributed by atoms with E-state index in [1.807, 2.05) is 0 Å². The molecule has 1 heteroatoms. The molecule has 0 bridgehead atoms. The molecule has 13 heavy (non-hydrogen) atoms. The minimum absolute atomic E-state index is 0.514. The third-order valence-electron chi connectivity index (χ3n) is 3.09. The van der Waals surface area contributed by atoms with Crippen molar-refractivity contribution in [1.29, 1.82) is 0 Å². The van der Waals surface area contributed by atoms with Gasteiger partial charge in [-0.1, -0.05) is 33.6 Å². The van der Waals surface area contributed by atoms with E-state index in [-0.39, 0.29) is 0 Å². The van der Waals surface area contributed by atoms with Gasteiger partial charge in [0.05, 0.1) is 0 Å². The molecule has 1 saturated carbocycles. The molecule has 0 saturated heterocycles. The zero-order valence-corrected chi connectivity index (χ0v) is 9.69. The van der Waals surface area contributed by atoms with E-state index in [0.29, 0.717) is 5.41 Å². The first-order valence-electron chi connectivity index (χ1n) is 5.68. The molecule has 0 aromatic heterocycles. The van der Waals surface area contributed by atoms with Crippen molar-refractivity contribution in [3.05, 3.63) is 0 Å². The van der Waals surface area contributed by atoms with Gasteiger partial charge in [0, 0.05) is 6.04 Å². The third-order valence-corrected chi connectivity index (χ3v) is 3.09. The van der Waals surface area contributed by atoms with Crippen LogP contribution in [0, 0.1) is 11.3 Å². The highest BCUT2D eigenvalue weighted by Crippen LogP contribution is 2.33. The monoisotopic (exact) mass is 183 g/mol. The largest absolute Gasteiger partial charge is 0.317 e. The summed E-state index contributed by atoms with van der Waals surface area (Å²) in [5.74, 6) is 0.964. The highest BCUT2D eigenvalue weighted by atomic mass is 14.9. The molecule has 1 N–H and O–H groups in total. The van der Waals surface area contributed by atoms with Gasteiger partial charge in [-0.05, 0) is 37.6 Å². The quantitative estimate of drug-likeness (QED) is 0.693. The summed E-state index contributed by atoms with van der Waals surface area (Å²) < 4.78 is 0. The van der Waals surface area contributed by atoms with Gasteiger partial charge in [0.1, 0.15) is 0 Å². The lowest BCUT2D eigenvalue weighted by molar-refractivity contribution is 0.214. The Morgan fingerprint density at radius 2 is 1.92 bits per heavy atom. The number of hydrogen-bond acceptors (Lipinski definition) is 1. The summed E-state index contributed by atoms with van der Waals surface area (Å²) in [6, 6.07) is 0.793. The van der Waals surface area contributed by atoms with Gasteiger partial charge >= 0.3 is 0 Å². The molecule has 0 aromatic carbocycles. The second-order valence-corrected chi connectivity index (χ2v) is 5.78. The molecule has 78 valence electrons. The Bertz CT molecular complexity index is 146. The summed E-state index contributed by atoms with van der Waals surface area (Å²) in [7, 11) is 2.10. The van der Waals surface area contributed by atoms with E-state index in [2.05, 4.69) is 33.1 Å². The molecule has 0 amide bonds. The minimum atomic E-state index is 0.514. The first-order valence-corrected chi connectivity index (χ1v) is 5.68. The van der Waals surface area contributed by atoms with Crippen molar-refractivity contribution in [1.82, 2.24) is 5.32 Å². The molecule has 0 aromatic rings. The molecule has 1 nitrogen and oxygen atoms in total. The maximum atomic E-state index is 3.42. The standard InChI is InChI=1S/C12H25N/c1-12(2,3)9-10-6-5-7-11(8-10)13-4/h10-11,13H,5-9H2,1-4H3. The molecular formula is C12H25N. The van der Waals surface area contributed by atoms with Crippen molar-refractivity contribution in [2.45, 2.75) is 58.9 Å². The van der Waals surface area contributed by atoms with Crippen LogP contribution in [0.5, 0.6) is 0 Å². The summed E-state index contributed by atoms with van der Waals surface area (Å²) in [5.41, 5.74) is 0.514. The summed E-state index contributed by atoms with van der Waals surface area (Å²) in [6.07, 6.45) is 7.05. The number of rotatable bonds is 2. The van der Waals surface area contributed by atoms with Crippen molar-refractivity contribution >= 4 is 0 Å². The fraction of sp³-hybridized carbons (Fsp3) is 1.00. The molecule has 0 radical (unpaired) electrons. The molecule has 0 spiro atoms. The van der Waals surface area contributed by atoms with Gasteiger partial charge in [0.2, 0.25) is 0 Å². The van der Waals surface area contributed by atoms with Crippen LogP contribution in [0.4, 0.5) is 0 Å². The first kappa shape index (κ1) is 11.0. The lowest BCUT2D eigenvalue weighted by Crippen LogP contribution is -2.32. The van der Waals surface area contributed by atoms with Crippen LogP contribution in [0.15, 0.2) is 0 Å². The van der Waals surface area contributed by atoms with Crippen molar-refractivity contribution in [3.8, 4) is 0 Å². The van der Waals surface area contributed by atoms with Crippen LogP contribution >= 0.6 is 0 Å². The highest BCUT2D eigenvalue weighted by Gasteiger charge is 2.24. The molecule has 1 aliphatic carbocycles. The highest BCUT2D eigenvalue weighted by molar-refractivity contribution is 4.79. The Hall–Kier alpha value is -0.0400. The lowest BCUT2D eigenvalue weighted by Gasteiger charge is -2.33. The zero-order valence-electron chi connectivity index (χ0n) is 9.69. The average Bonchev–Trinajstić information content (AvgIpc) is 2.01. The van der Waals surface area contributed by atoms with Gasteiger partial charge in [0.15, 0.2) is 0 Å². The van der Waals surface area contributed by atoms with Crippen molar-refractivity contribution in [2.24, 2.45) is 11.3 Å². The molecule has 1 rings (SSSR count). The number of hydrogen-bond donors (Lipinski definition) is 1. The fourth-order valence-electron chi connectivity index (χ4n) is 2.60. The average molecular weight is 183 g/mol. The van der Waals surface area contributed by atoms with Crippen LogP contribution in [-0.4, -0.2) is 13.1 Å². The van der Waals surface area contributed by atoms with Crippen LogP contribution < -0.4 is 5.32 Å². The van der Waals surface area contributed by atoms with E-state index >= 15 is 0 Å². The van der Waals surface area contributed by atoms with E-state index in [1.54, 1.807) is 0 Å². The van der Waals surface area contributed by atoms with Gasteiger partial charge in [-0.2, -0.15) is 0 Å². The normalized spacial score (nSPS) is 30.5. The van der Waals surface area contributed by atoms with Crippen LogP contribution in [0.25, 0.3) is 0 Å². The predicted molar refractivity (Wildman–Crippen MR) is 58.9 cm³/mol. The maximum Gasteiger partial charge on any atom is 0.00667 e. The van der Waals surface area contributed by atoms with Gasteiger partial charge in [-0.25, -0.2) is 0 Å². The van der Waals surface area contributed by atoms with E-state index in [0.717, 1.165) is 12.0 Å². The maximum absolute atomic E-state index is 3.42. The summed E-state index contributed by atoms with van der Waals surface area (Å²) in [6.45, 7) is 7.07. The molecule has 1 aliphatic rings. The summed E-state index contributed by atoms with van der Waals surface area (Å²) in [5, 5.41) is 3.42. The van der Waals surface area contributed by atoms with E-state index < -0.39 is 0 Å². The van der Waals surface area contributed by atoms with Crippen LogP contribution in [-0.2, 0) is 0 Å². The van der Waals surface area contributed by atoms with Crippen LogP contribution in [0.3, 0.4) is 0 Å². The fourth-order valence-corrected chi connectivity index (χ4v) is 2.60. The lowest BCUT2D eigenvalue weighted by atomic mass is 9.76. The van der Waals surface area contributed by atoms with Gasteiger partial charge < -0.3 is 5.32 Å². The summed E-state index contributed by atoms with van der Waals surface area (Å²) >= 11 is 0. The molecular weight excluding hydrogens is 158 g/mol. The van der Waals surface area contributed by atoms with Gasteiger partial charge in [0.25, 0.3) is 0 Å². The molecule has 2 unspecified atom stereocenters. The minimum Gasteiger partial charge on any atom is -0.317 e. The summed E-state index contributed by atoms with van der Waals surface area (Å²) in [4.78, 5) is 0. The Labute approximate surface area is 83.3 Å². The molecule has 1 fully saturated rings. The van der Waals surface area contributed by atoms with E-state index in [9.17, 15) is 0 Å². The van der Waals surface area contributed by atoms with Gasteiger partial charge in [-0.3, -0.25) is 0 Å².